The van der Waals surface area contributed by atoms with Crippen LogP contribution in [0.3, 0.4) is 0 Å². The average Bonchev–Trinajstić information content (AvgIpc) is 3.25. The van der Waals surface area contributed by atoms with E-state index in [4.69, 9.17) is 4.74 Å². The standard InChI is InChI=1S/C33H39N3O2Si/c1-23-25(20-32(36-17-15-34-16-18-36)24(2)26(23)14-19-39(3,4)5)21-35-33(37)38-22-31-29-12-8-6-10-27(29)28-11-7-9-13-30(28)31/h6-13,20,31,34H,15-18,21-22H2,1-5H3,(H,35,37). The summed E-state index contributed by atoms with van der Waals surface area (Å²) >= 11 is 0. The molecule has 1 heterocycles. The first-order valence-electron chi connectivity index (χ1n) is 13.9. The number of hydrogen-bond donors (Lipinski definition) is 2. The van der Waals surface area contributed by atoms with Gasteiger partial charge in [-0.2, -0.15) is 0 Å². The number of anilines is 1. The van der Waals surface area contributed by atoms with Crippen molar-refractivity contribution >= 4 is 19.9 Å². The lowest BCUT2D eigenvalue weighted by Crippen LogP contribution is -2.44. The van der Waals surface area contributed by atoms with Gasteiger partial charge >= 0.3 is 6.09 Å². The van der Waals surface area contributed by atoms with Gasteiger partial charge in [0.25, 0.3) is 0 Å². The molecule has 6 heteroatoms. The van der Waals surface area contributed by atoms with Gasteiger partial charge in [0.2, 0.25) is 0 Å². The van der Waals surface area contributed by atoms with Crippen LogP contribution in [0.2, 0.25) is 19.6 Å². The summed E-state index contributed by atoms with van der Waals surface area (Å²) in [5.41, 5.74) is 14.2. The first-order valence-corrected chi connectivity index (χ1v) is 17.4. The number of fused-ring (bicyclic) bond motifs is 3. The molecular formula is C33H39N3O2Si. The molecule has 0 bridgehead atoms. The molecule has 2 aliphatic rings. The van der Waals surface area contributed by atoms with Gasteiger partial charge in [-0.15, -0.1) is 5.54 Å². The molecule has 202 valence electrons. The van der Waals surface area contributed by atoms with Crippen LogP contribution in [0.4, 0.5) is 10.5 Å². The number of carbonyl (C=O) groups excluding carboxylic acids is 1. The van der Waals surface area contributed by atoms with Gasteiger partial charge in [-0.1, -0.05) is 74.1 Å². The first kappa shape index (κ1) is 27.0. The largest absolute Gasteiger partial charge is 0.449 e. The first-order chi connectivity index (χ1) is 18.7. The molecule has 0 unspecified atom stereocenters. The van der Waals surface area contributed by atoms with E-state index in [-0.39, 0.29) is 5.92 Å². The Morgan fingerprint density at radius 3 is 2.23 bits per heavy atom. The number of alkyl carbamates (subject to hydrolysis) is 1. The molecule has 3 aromatic rings. The van der Waals surface area contributed by atoms with Gasteiger partial charge in [-0.25, -0.2) is 4.79 Å². The van der Waals surface area contributed by atoms with Crippen LogP contribution in [0.1, 0.15) is 39.3 Å². The molecule has 1 aliphatic carbocycles. The minimum absolute atomic E-state index is 0.0482. The normalized spacial score (nSPS) is 14.7. The third kappa shape index (κ3) is 5.90. The van der Waals surface area contributed by atoms with Gasteiger partial charge in [0, 0.05) is 49.9 Å². The van der Waals surface area contributed by atoms with Crippen LogP contribution in [0.25, 0.3) is 11.1 Å². The van der Waals surface area contributed by atoms with E-state index in [0.29, 0.717) is 13.2 Å². The Balaban J connectivity index is 1.33. The lowest BCUT2D eigenvalue weighted by atomic mass is 9.95. The molecule has 1 saturated heterocycles. The third-order valence-corrected chi connectivity index (χ3v) is 8.59. The molecule has 5 rings (SSSR count). The maximum absolute atomic E-state index is 12.9. The maximum Gasteiger partial charge on any atom is 0.407 e. The van der Waals surface area contributed by atoms with Crippen molar-refractivity contribution in [2.75, 3.05) is 37.7 Å². The Labute approximate surface area is 234 Å². The second-order valence-corrected chi connectivity index (χ2v) is 16.3. The molecule has 1 aliphatic heterocycles. The number of nitrogens with zero attached hydrogens (tertiary/aromatic N) is 1. The molecule has 1 fully saturated rings. The maximum atomic E-state index is 12.9. The van der Waals surface area contributed by atoms with E-state index >= 15 is 0 Å². The van der Waals surface area contributed by atoms with Crippen molar-refractivity contribution in [2.24, 2.45) is 0 Å². The van der Waals surface area contributed by atoms with E-state index in [1.54, 1.807) is 0 Å². The van der Waals surface area contributed by atoms with Crippen LogP contribution in [0.5, 0.6) is 0 Å². The second kappa shape index (κ2) is 11.3. The van der Waals surface area contributed by atoms with Crippen LogP contribution in [0.15, 0.2) is 54.6 Å². The molecule has 2 N–H and O–H groups in total. The molecule has 39 heavy (non-hydrogen) atoms. The predicted molar refractivity (Wildman–Crippen MR) is 163 cm³/mol. The molecule has 0 aromatic heterocycles. The van der Waals surface area contributed by atoms with Crippen molar-refractivity contribution in [1.82, 2.24) is 10.6 Å². The van der Waals surface area contributed by atoms with Crippen molar-refractivity contribution in [1.29, 1.82) is 0 Å². The van der Waals surface area contributed by atoms with Crippen molar-refractivity contribution in [3.63, 3.8) is 0 Å². The number of rotatable bonds is 5. The topological polar surface area (TPSA) is 53.6 Å². The van der Waals surface area contributed by atoms with Crippen molar-refractivity contribution in [3.05, 3.63) is 88.0 Å². The second-order valence-electron chi connectivity index (χ2n) is 11.6. The smallest absolute Gasteiger partial charge is 0.407 e. The van der Waals surface area contributed by atoms with E-state index in [1.807, 2.05) is 0 Å². The average molecular weight is 538 g/mol. The summed E-state index contributed by atoms with van der Waals surface area (Å²) in [6, 6.07) is 19.0. The number of ether oxygens (including phenoxy) is 1. The van der Waals surface area contributed by atoms with Crippen LogP contribution in [-0.4, -0.2) is 47.0 Å². The Kier molecular flexibility index (Phi) is 7.83. The van der Waals surface area contributed by atoms with Crippen molar-refractivity contribution in [3.8, 4) is 22.6 Å². The third-order valence-electron chi connectivity index (χ3n) is 7.71. The molecular weight excluding hydrogens is 498 g/mol. The number of nitrogens with one attached hydrogen (secondary N) is 2. The Hall–Kier alpha value is -3.53. The predicted octanol–water partition coefficient (Wildman–Crippen LogP) is 5.98. The fraction of sp³-hybridized carbons (Fsp3) is 0.364. The fourth-order valence-corrected chi connectivity index (χ4v) is 6.12. The van der Waals surface area contributed by atoms with E-state index in [2.05, 4.69) is 115 Å². The fourth-order valence-electron chi connectivity index (χ4n) is 5.62. The molecule has 3 aromatic carbocycles. The zero-order valence-electron chi connectivity index (χ0n) is 23.8. The van der Waals surface area contributed by atoms with Crippen LogP contribution in [-0.2, 0) is 11.3 Å². The summed E-state index contributed by atoms with van der Waals surface area (Å²) in [5.74, 6) is 3.58. The lowest BCUT2D eigenvalue weighted by Gasteiger charge is -2.32. The minimum Gasteiger partial charge on any atom is -0.449 e. The Morgan fingerprint density at radius 1 is 1.00 bits per heavy atom. The molecule has 0 radical (unpaired) electrons. The van der Waals surface area contributed by atoms with Gasteiger partial charge in [-0.05, 0) is 58.9 Å². The number of benzene rings is 3. The van der Waals surface area contributed by atoms with Crippen LogP contribution in [0, 0.1) is 25.3 Å². The summed E-state index contributed by atoms with van der Waals surface area (Å²) in [6.07, 6.45) is -0.393. The van der Waals surface area contributed by atoms with Crippen LogP contribution >= 0.6 is 0 Å². The molecule has 0 saturated carbocycles. The zero-order valence-corrected chi connectivity index (χ0v) is 24.8. The Bertz CT molecular complexity index is 1400. The molecule has 1 amide bonds. The van der Waals surface area contributed by atoms with E-state index in [0.717, 1.165) is 42.9 Å². The zero-order chi connectivity index (χ0) is 27.6. The highest BCUT2D eigenvalue weighted by molar-refractivity contribution is 6.83. The molecule has 0 spiro atoms. The van der Waals surface area contributed by atoms with Gasteiger partial charge in [0.05, 0.1) is 0 Å². The van der Waals surface area contributed by atoms with Gasteiger partial charge in [0.15, 0.2) is 0 Å². The van der Waals surface area contributed by atoms with Gasteiger partial charge < -0.3 is 20.3 Å². The van der Waals surface area contributed by atoms with Crippen LogP contribution < -0.4 is 15.5 Å². The molecule has 0 atom stereocenters. The number of piperazine rings is 1. The van der Waals surface area contributed by atoms with Crippen molar-refractivity contribution in [2.45, 2.75) is 46.0 Å². The number of amides is 1. The van der Waals surface area contributed by atoms with Crippen molar-refractivity contribution < 1.29 is 9.53 Å². The molecule has 5 nitrogen and oxygen atoms in total. The Morgan fingerprint density at radius 2 is 1.62 bits per heavy atom. The van der Waals surface area contributed by atoms with E-state index in [1.165, 1.54) is 33.5 Å². The summed E-state index contributed by atoms with van der Waals surface area (Å²) in [7, 11) is -1.55. The quantitative estimate of drug-likeness (QED) is 0.311. The van der Waals surface area contributed by atoms with E-state index < -0.39 is 14.2 Å². The lowest BCUT2D eigenvalue weighted by molar-refractivity contribution is 0.142. The van der Waals surface area contributed by atoms with E-state index in [9.17, 15) is 4.79 Å². The number of hydrogen-bond acceptors (Lipinski definition) is 4. The van der Waals surface area contributed by atoms with Gasteiger partial charge in [0.1, 0.15) is 14.7 Å². The van der Waals surface area contributed by atoms with Gasteiger partial charge in [-0.3, -0.25) is 0 Å². The summed E-state index contributed by atoms with van der Waals surface area (Å²) in [5, 5.41) is 6.47. The SMILES string of the molecule is Cc1c(CNC(=O)OCC2c3ccccc3-c3ccccc32)cc(N2CCNCC2)c(C)c1C#C[Si](C)(C)C. The highest BCUT2D eigenvalue weighted by Crippen LogP contribution is 2.44. The highest BCUT2D eigenvalue weighted by atomic mass is 28.3. The summed E-state index contributed by atoms with van der Waals surface area (Å²) < 4.78 is 5.80. The summed E-state index contributed by atoms with van der Waals surface area (Å²) in [6.45, 7) is 15.7. The monoisotopic (exact) mass is 537 g/mol. The minimum atomic E-state index is -1.55. The summed E-state index contributed by atoms with van der Waals surface area (Å²) in [4.78, 5) is 15.4. The number of carbonyl (C=O) groups is 1. The highest BCUT2D eigenvalue weighted by Gasteiger charge is 2.29.